The minimum absolute atomic E-state index is 0.391. The van der Waals surface area contributed by atoms with Gasteiger partial charge in [-0.3, -0.25) is 0 Å². The van der Waals surface area contributed by atoms with E-state index in [0.29, 0.717) is 15.7 Å². The summed E-state index contributed by atoms with van der Waals surface area (Å²) in [4.78, 5) is 11.3. The van der Waals surface area contributed by atoms with Crippen LogP contribution >= 0.6 is 15.9 Å². The lowest BCUT2D eigenvalue weighted by atomic mass is 10.1. The molecule has 0 radical (unpaired) electrons. The van der Waals surface area contributed by atoms with Gasteiger partial charge in [-0.1, -0.05) is 6.07 Å². The van der Waals surface area contributed by atoms with Gasteiger partial charge in [0.25, 0.3) is 0 Å². The SMILES string of the molecule is COC(=O)c1c(Br)ccc(C)c1N. The van der Waals surface area contributed by atoms with Gasteiger partial charge in [-0.15, -0.1) is 0 Å². The van der Waals surface area contributed by atoms with Crippen molar-refractivity contribution in [2.45, 2.75) is 6.92 Å². The van der Waals surface area contributed by atoms with Crippen LogP contribution in [-0.2, 0) is 4.74 Å². The van der Waals surface area contributed by atoms with E-state index in [9.17, 15) is 4.79 Å². The number of methoxy groups -OCH3 is 1. The minimum atomic E-state index is -0.423. The number of halogens is 1. The molecule has 0 heterocycles. The van der Waals surface area contributed by atoms with Gasteiger partial charge in [-0.25, -0.2) is 4.79 Å². The molecular formula is C9H10BrNO2. The van der Waals surface area contributed by atoms with Crippen LogP contribution in [-0.4, -0.2) is 13.1 Å². The first kappa shape index (κ1) is 10.1. The van der Waals surface area contributed by atoms with Crippen LogP contribution in [0.1, 0.15) is 15.9 Å². The Hall–Kier alpha value is -1.03. The van der Waals surface area contributed by atoms with Crippen molar-refractivity contribution in [2.24, 2.45) is 0 Å². The second-order valence-electron chi connectivity index (χ2n) is 2.64. The molecule has 1 aromatic carbocycles. The van der Waals surface area contributed by atoms with Crippen molar-refractivity contribution in [1.82, 2.24) is 0 Å². The fourth-order valence-electron chi connectivity index (χ4n) is 1.01. The predicted octanol–water partition coefficient (Wildman–Crippen LogP) is 2.13. The summed E-state index contributed by atoms with van der Waals surface area (Å²) >= 11 is 3.24. The van der Waals surface area contributed by atoms with Crippen LogP contribution in [0.15, 0.2) is 16.6 Å². The molecule has 0 aliphatic heterocycles. The van der Waals surface area contributed by atoms with Crippen molar-refractivity contribution >= 4 is 27.6 Å². The van der Waals surface area contributed by atoms with E-state index in [2.05, 4.69) is 20.7 Å². The molecule has 0 aromatic heterocycles. The number of carbonyl (C=O) groups is 1. The molecule has 1 aromatic rings. The summed E-state index contributed by atoms with van der Waals surface area (Å²) in [6, 6.07) is 3.61. The maximum absolute atomic E-state index is 11.3. The second kappa shape index (κ2) is 3.79. The fourth-order valence-corrected chi connectivity index (χ4v) is 1.51. The zero-order chi connectivity index (χ0) is 10.0. The molecule has 0 unspecified atom stereocenters. The third-order valence-electron chi connectivity index (χ3n) is 1.80. The van der Waals surface area contributed by atoms with Crippen molar-refractivity contribution < 1.29 is 9.53 Å². The first-order valence-electron chi connectivity index (χ1n) is 3.70. The molecule has 0 spiro atoms. The Balaban J connectivity index is 3.33. The molecule has 0 atom stereocenters. The zero-order valence-corrected chi connectivity index (χ0v) is 9.01. The molecular weight excluding hydrogens is 234 g/mol. The Morgan fingerprint density at radius 3 is 2.69 bits per heavy atom. The van der Waals surface area contributed by atoms with Gasteiger partial charge in [0, 0.05) is 4.47 Å². The molecule has 1 rings (SSSR count). The highest BCUT2D eigenvalue weighted by Gasteiger charge is 2.15. The van der Waals surface area contributed by atoms with Gasteiger partial charge >= 0.3 is 5.97 Å². The van der Waals surface area contributed by atoms with E-state index in [1.165, 1.54) is 7.11 Å². The number of hydrogen-bond acceptors (Lipinski definition) is 3. The van der Waals surface area contributed by atoms with Crippen molar-refractivity contribution in [3.8, 4) is 0 Å². The quantitative estimate of drug-likeness (QED) is 0.608. The fraction of sp³-hybridized carbons (Fsp3) is 0.222. The van der Waals surface area contributed by atoms with Crippen LogP contribution in [0.2, 0.25) is 0 Å². The number of nitrogens with two attached hydrogens (primary N) is 1. The van der Waals surface area contributed by atoms with Crippen molar-refractivity contribution in [2.75, 3.05) is 12.8 Å². The number of carbonyl (C=O) groups excluding carboxylic acids is 1. The number of nitrogen functional groups attached to an aromatic ring is 1. The molecule has 0 saturated carbocycles. The van der Waals surface area contributed by atoms with Crippen LogP contribution in [0.3, 0.4) is 0 Å². The van der Waals surface area contributed by atoms with Crippen molar-refractivity contribution in [3.63, 3.8) is 0 Å². The molecule has 3 nitrogen and oxygen atoms in total. The third kappa shape index (κ3) is 1.83. The van der Waals surface area contributed by atoms with E-state index in [1.807, 2.05) is 13.0 Å². The largest absolute Gasteiger partial charge is 0.465 e. The zero-order valence-electron chi connectivity index (χ0n) is 7.43. The first-order valence-corrected chi connectivity index (χ1v) is 4.50. The third-order valence-corrected chi connectivity index (χ3v) is 2.46. The van der Waals surface area contributed by atoms with Gasteiger partial charge in [-0.05, 0) is 34.5 Å². The van der Waals surface area contributed by atoms with Gasteiger partial charge in [-0.2, -0.15) is 0 Å². The Morgan fingerprint density at radius 2 is 2.15 bits per heavy atom. The van der Waals surface area contributed by atoms with Gasteiger partial charge < -0.3 is 10.5 Å². The average Bonchev–Trinajstić information content (AvgIpc) is 2.12. The Kier molecular flexibility index (Phi) is 2.93. The monoisotopic (exact) mass is 243 g/mol. The second-order valence-corrected chi connectivity index (χ2v) is 3.50. The normalized spacial score (nSPS) is 9.77. The Bertz CT molecular complexity index is 350. The molecule has 0 fully saturated rings. The summed E-state index contributed by atoms with van der Waals surface area (Å²) in [6.45, 7) is 1.84. The maximum Gasteiger partial charge on any atom is 0.341 e. The highest BCUT2D eigenvalue weighted by atomic mass is 79.9. The summed E-state index contributed by atoms with van der Waals surface area (Å²) < 4.78 is 5.26. The molecule has 0 aliphatic rings. The molecule has 70 valence electrons. The molecule has 0 aliphatic carbocycles. The molecule has 0 bridgehead atoms. The van der Waals surface area contributed by atoms with Gasteiger partial charge in [0.1, 0.15) is 0 Å². The summed E-state index contributed by atoms with van der Waals surface area (Å²) in [5, 5.41) is 0. The van der Waals surface area contributed by atoms with Crippen molar-refractivity contribution in [1.29, 1.82) is 0 Å². The number of benzene rings is 1. The summed E-state index contributed by atoms with van der Waals surface area (Å²) in [7, 11) is 1.33. The number of anilines is 1. The van der Waals surface area contributed by atoms with Crippen LogP contribution in [0, 0.1) is 6.92 Å². The average molecular weight is 244 g/mol. The number of rotatable bonds is 1. The lowest BCUT2D eigenvalue weighted by Gasteiger charge is -2.08. The minimum Gasteiger partial charge on any atom is -0.465 e. The van der Waals surface area contributed by atoms with E-state index in [4.69, 9.17) is 5.73 Å². The van der Waals surface area contributed by atoms with Gasteiger partial charge in [0.15, 0.2) is 0 Å². The standard InChI is InChI=1S/C9H10BrNO2/c1-5-3-4-6(10)7(8(5)11)9(12)13-2/h3-4H,11H2,1-2H3. The van der Waals surface area contributed by atoms with Crippen molar-refractivity contribution in [3.05, 3.63) is 27.7 Å². The summed E-state index contributed by atoms with van der Waals surface area (Å²) in [5.41, 5.74) is 7.44. The summed E-state index contributed by atoms with van der Waals surface area (Å²) in [6.07, 6.45) is 0. The number of aryl methyl sites for hydroxylation is 1. The van der Waals surface area contributed by atoms with Gasteiger partial charge in [0.2, 0.25) is 0 Å². The van der Waals surface area contributed by atoms with E-state index in [-0.39, 0.29) is 0 Å². The topological polar surface area (TPSA) is 52.3 Å². The molecule has 13 heavy (non-hydrogen) atoms. The first-order chi connectivity index (χ1) is 6.07. The molecule has 0 saturated heterocycles. The lowest BCUT2D eigenvalue weighted by Crippen LogP contribution is -2.07. The van der Waals surface area contributed by atoms with E-state index in [0.717, 1.165) is 5.56 Å². The van der Waals surface area contributed by atoms with Crippen LogP contribution in [0.4, 0.5) is 5.69 Å². The van der Waals surface area contributed by atoms with Crippen LogP contribution < -0.4 is 5.73 Å². The highest BCUT2D eigenvalue weighted by Crippen LogP contribution is 2.26. The Labute approximate surface area is 85.0 Å². The predicted molar refractivity (Wildman–Crippen MR) is 54.6 cm³/mol. The summed E-state index contributed by atoms with van der Waals surface area (Å²) in [5.74, 6) is -0.423. The number of hydrogen-bond donors (Lipinski definition) is 1. The van der Waals surface area contributed by atoms with E-state index < -0.39 is 5.97 Å². The van der Waals surface area contributed by atoms with Crippen LogP contribution in [0.5, 0.6) is 0 Å². The molecule has 0 amide bonds. The maximum atomic E-state index is 11.3. The molecule has 4 heteroatoms. The number of esters is 1. The number of ether oxygens (including phenoxy) is 1. The van der Waals surface area contributed by atoms with Crippen LogP contribution in [0.25, 0.3) is 0 Å². The molecule has 2 N–H and O–H groups in total. The highest BCUT2D eigenvalue weighted by molar-refractivity contribution is 9.10. The Morgan fingerprint density at radius 1 is 1.54 bits per heavy atom. The van der Waals surface area contributed by atoms with E-state index in [1.54, 1.807) is 6.07 Å². The van der Waals surface area contributed by atoms with E-state index >= 15 is 0 Å². The lowest BCUT2D eigenvalue weighted by molar-refractivity contribution is 0.0601. The van der Waals surface area contributed by atoms with Gasteiger partial charge in [0.05, 0.1) is 18.4 Å². The smallest absolute Gasteiger partial charge is 0.341 e.